The number of nitrogens with zero attached hydrogens (tertiary/aromatic N) is 2. The van der Waals surface area contributed by atoms with Crippen LogP contribution in [0, 0.1) is 28.6 Å². The lowest BCUT2D eigenvalue weighted by Crippen LogP contribution is -2.62. The number of likely N-dealkylation sites (N-methyl/N-ethyl adjacent to an activating group) is 1. The summed E-state index contributed by atoms with van der Waals surface area (Å²) in [4.78, 5) is 81.8. The fraction of sp³-hybridized carbons (Fsp3) is 0.824. The number of ketones is 1. The summed E-state index contributed by atoms with van der Waals surface area (Å²) in [6.07, 6.45) is 4.88. The number of rotatable bonds is 13. The van der Waals surface area contributed by atoms with Crippen molar-refractivity contribution in [2.75, 3.05) is 13.6 Å². The molecule has 1 aliphatic heterocycles. The van der Waals surface area contributed by atoms with Gasteiger partial charge >= 0.3 is 6.03 Å². The van der Waals surface area contributed by atoms with Crippen LogP contribution in [0.2, 0.25) is 0 Å². The van der Waals surface area contributed by atoms with Crippen LogP contribution >= 0.6 is 0 Å². The largest absolute Gasteiger partial charge is 0.344 e. The Labute approximate surface area is 270 Å². The minimum Gasteiger partial charge on any atom is -0.344 e. The van der Waals surface area contributed by atoms with E-state index in [-0.39, 0.29) is 30.1 Å². The van der Waals surface area contributed by atoms with Crippen LogP contribution in [0.4, 0.5) is 4.79 Å². The van der Waals surface area contributed by atoms with Crippen LogP contribution in [0.3, 0.4) is 0 Å². The van der Waals surface area contributed by atoms with Crippen molar-refractivity contribution in [1.29, 1.82) is 0 Å². The molecule has 0 aromatic heterocycles. The SMILES string of the molecule is CC(C)C[C@@H]1C[C@@H](C(=O)NC(CC2CCC2)C(=O)C=O)N(C(=O)[C@@H](NC(=O)N[C@H](C(=O)N(C)C(C)C)C(C)(C)C)C(C)(C)C)C1. The van der Waals surface area contributed by atoms with Gasteiger partial charge in [-0.15, -0.1) is 0 Å². The highest BCUT2D eigenvalue weighted by molar-refractivity contribution is 6.28. The van der Waals surface area contributed by atoms with Gasteiger partial charge in [-0.25, -0.2) is 4.79 Å². The van der Waals surface area contributed by atoms with Gasteiger partial charge in [0.25, 0.3) is 0 Å². The average Bonchev–Trinajstić information content (AvgIpc) is 3.31. The molecule has 1 saturated heterocycles. The maximum absolute atomic E-state index is 14.3. The van der Waals surface area contributed by atoms with Gasteiger partial charge in [0.15, 0.2) is 6.29 Å². The van der Waals surface area contributed by atoms with E-state index in [0.29, 0.717) is 25.3 Å². The van der Waals surface area contributed by atoms with Gasteiger partial charge in [-0.3, -0.25) is 24.0 Å². The molecule has 0 aromatic carbocycles. The minimum atomic E-state index is -1.01. The molecule has 1 aliphatic carbocycles. The molecule has 45 heavy (non-hydrogen) atoms. The first-order valence-electron chi connectivity index (χ1n) is 16.6. The first kappa shape index (κ1) is 38.2. The van der Waals surface area contributed by atoms with Crippen LogP contribution in [0.1, 0.15) is 108 Å². The standard InChI is InChI=1S/C34H59N5O6/c1-20(2)15-23-17-25(29(42)35-24(26(41)19-40)16-22-13-12-14-22)39(18-23)31(44)28(34(8,9)10)37-32(45)36-27(33(5,6)7)30(43)38(11)21(3)4/h19-25,27-28H,12-18H2,1-11H3,(H,35,42)(H2,36,37,45)/t23-,24?,25+,27-,28-/m1/s1. The molecule has 0 bridgehead atoms. The number of carbonyl (C=O) groups excluding carboxylic acids is 6. The zero-order valence-corrected chi connectivity index (χ0v) is 29.5. The van der Waals surface area contributed by atoms with Gasteiger partial charge in [-0.05, 0) is 61.7 Å². The highest BCUT2D eigenvalue weighted by atomic mass is 16.2. The zero-order chi connectivity index (χ0) is 34.4. The van der Waals surface area contributed by atoms with E-state index in [0.717, 1.165) is 25.7 Å². The lowest BCUT2D eigenvalue weighted by molar-refractivity contribution is -0.142. The molecule has 256 valence electrons. The third-order valence-corrected chi connectivity index (χ3v) is 9.25. The molecule has 2 aliphatic rings. The van der Waals surface area contributed by atoms with Crippen LogP contribution in [0.5, 0.6) is 0 Å². The van der Waals surface area contributed by atoms with Crippen molar-refractivity contribution in [2.45, 2.75) is 138 Å². The Hall–Kier alpha value is -2.98. The number of urea groups is 1. The summed E-state index contributed by atoms with van der Waals surface area (Å²) < 4.78 is 0. The first-order valence-corrected chi connectivity index (χ1v) is 16.6. The van der Waals surface area contributed by atoms with Crippen LogP contribution < -0.4 is 16.0 Å². The Morgan fingerprint density at radius 1 is 0.844 bits per heavy atom. The molecule has 2 fully saturated rings. The normalized spacial score (nSPS) is 21.0. The molecule has 1 saturated carbocycles. The van der Waals surface area contributed by atoms with Crippen LogP contribution in [-0.2, 0) is 24.0 Å². The number of hydrogen-bond donors (Lipinski definition) is 3. The van der Waals surface area contributed by atoms with Gasteiger partial charge in [0, 0.05) is 19.6 Å². The lowest BCUT2D eigenvalue weighted by Gasteiger charge is -2.38. The second-order valence-corrected chi connectivity index (χ2v) is 16.1. The van der Waals surface area contributed by atoms with E-state index < -0.39 is 58.6 Å². The molecular formula is C34H59N5O6. The number of carbonyl (C=O) groups is 6. The number of likely N-dealkylation sites (tertiary alicyclic amines) is 1. The van der Waals surface area contributed by atoms with Gasteiger partial charge in [0.05, 0.1) is 6.04 Å². The number of Topliss-reactive ketones (excluding diaryl/α,β-unsaturated/α-hetero) is 1. The Balaban J connectivity index is 2.33. The number of nitrogens with one attached hydrogen (secondary N) is 3. The number of amides is 5. The van der Waals surface area contributed by atoms with E-state index >= 15 is 0 Å². The number of aldehydes is 1. The van der Waals surface area contributed by atoms with Gasteiger partial charge in [0.2, 0.25) is 23.5 Å². The predicted molar refractivity (Wildman–Crippen MR) is 174 cm³/mol. The highest BCUT2D eigenvalue weighted by Crippen LogP contribution is 2.33. The van der Waals surface area contributed by atoms with E-state index in [2.05, 4.69) is 29.8 Å². The van der Waals surface area contributed by atoms with Gasteiger partial charge in [-0.2, -0.15) is 0 Å². The van der Waals surface area contributed by atoms with E-state index in [9.17, 15) is 28.8 Å². The van der Waals surface area contributed by atoms with E-state index in [4.69, 9.17) is 0 Å². The van der Waals surface area contributed by atoms with Crippen molar-refractivity contribution in [3.8, 4) is 0 Å². The first-order chi connectivity index (χ1) is 20.7. The molecule has 0 radical (unpaired) electrons. The van der Waals surface area contributed by atoms with Gasteiger partial charge < -0.3 is 25.8 Å². The monoisotopic (exact) mass is 633 g/mol. The van der Waals surface area contributed by atoms with E-state index in [1.807, 2.05) is 55.4 Å². The summed E-state index contributed by atoms with van der Waals surface area (Å²) in [5.74, 6) is -1.08. The van der Waals surface area contributed by atoms with Crippen molar-refractivity contribution in [3.05, 3.63) is 0 Å². The second kappa shape index (κ2) is 15.5. The average molecular weight is 634 g/mol. The second-order valence-electron chi connectivity index (χ2n) is 16.1. The molecule has 1 unspecified atom stereocenters. The molecule has 2 rings (SSSR count). The third kappa shape index (κ3) is 10.5. The maximum atomic E-state index is 14.3. The quantitative estimate of drug-likeness (QED) is 0.208. The summed E-state index contributed by atoms with van der Waals surface area (Å²) in [6, 6.07) is -4.33. The Kier molecular flexibility index (Phi) is 13.2. The van der Waals surface area contributed by atoms with Gasteiger partial charge in [0.1, 0.15) is 18.1 Å². The third-order valence-electron chi connectivity index (χ3n) is 9.25. The molecule has 5 atom stereocenters. The Bertz CT molecular complexity index is 1090. The lowest BCUT2D eigenvalue weighted by atomic mass is 9.80. The van der Waals surface area contributed by atoms with Crippen LogP contribution in [0.15, 0.2) is 0 Å². The van der Waals surface area contributed by atoms with Gasteiger partial charge in [-0.1, -0.05) is 74.7 Å². The summed E-state index contributed by atoms with van der Waals surface area (Å²) in [6.45, 7) is 19.4. The molecule has 1 heterocycles. The molecule has 3 N–H and O–H groups in total. The van der Waals surface area contributed by atoms with Crippen LogP contribution in [-0.4, -0.2) is 89.4 Å². The Morgan fingerprint density at radius 3 is 1.84 bits per heavy atom. The summed E-state index contributed by atoms with van der Waals surface area (Å²) in [7, 11) is 1.69. The van der Waals surface area contributed by atoms with Crippen molar-refractivity contribution >= 4 is 35.8 Å². The highest BCUT2D eigenvalue weighted by Gasteiger charge is 2.46. The van der Waals surface area contributed by atoms with Crippen molar-refractivity contribution in [1.82, 2.24) is 25.8 Å². The summed E-state index contributed by atoms with van der Waals surface area (Å²) >= 11 is 0. The molecule has 0 aromatic rings. The maximum Gasteiger partial charge on any atom is 0.316 e. The minimum absolute atomic E-state index is 0.0560. The summed E-state index contributed by atoms with van der Waals surface area (Å²) in [5.41, 5.74) is -1.34. The molecule has 11 nitrogen and oxygen atoms in total. The van der Waals surface area contributed by atoms with Crippen molar-refractivity contribution in [2.24, 2.45) is 28.6 Å². The topological polar surface area (TPSA) is 145 Å². The number of hydrogen-bond acceptors (Lipinski definition) is 6. The zero-order valence-electron chi connectivity index (χ0n) is 29.5. The molecular weight excluding hydrogens is 574 g/mol. The molecule has 11 heteroatoms. The smallest absolute Gasteiger partial charge is 0.316 e. The van der Waals surface area contributed by atoms with Crippen molar-refractivity contribution in [3.63, 3.8) is 0 Å². The fourth-order valence-corrected chi connectivity index (χ4v) is 6.14. The summed E-state index contributed by atoms with van der Waals surface area (Å²) in [5, 5.41) is 8.47. The predicted octanol–water partition coefficient (Wildman–Crippen LogP) is 3.69. The Morgan fingerprint density at radius 2 is 1.40 bits per heavy atom. The van der Waals surface area contributed by atoms with E-state index in [1.54, 1.807) is 11.9 Å². The fourth-order valence-electron chi connectivity index (χ4n) is 6.14. The molecule has 0 spiro atoms. The molecule has 5 amide bonds. The van der Waals surface area contributed by atoms with Crippen molar-refractivity contribution < 1.29 is 28.8 Å². The van der Waals surface area contributed by atoms with E-state index in [1.165, 1.54) is 4.90 Å². The van der Waals surface area contributed by atoms with Crippen LogP contribution in [0.25, 0.3) is 0 Å².